The fourth-order valence-electron chi connectivity index (χ4n) is 5.03. The summed E-state index contributed by atoms with van der Waals surface area (Å²) in [6.07, 6.45) is -4.04. The number of hydrogen-bond donors (Lipinski definition) is 0. The monoisotopic (exact) mass is 558 g/mol. The van der Waals surface area contributed by atoms with Crippen molar-refractivity contribution in [2.75, 3.05) is 0 Å². The normalized spacial score (nSPS) is 12.5. The van der Waals surface area contributed by atoms with Crippen molar-refractivity contribution in [1.29, 1.82) is 0 Å². The first-order valence-corrected chi connectivity index (χ1v) is 13.4. The second-order valence-corrected chi connectivity index (χ2v) is 9.71. The lowest BCUT2D eigenvalue weighted by Crippen LogP contribution is -2.17. The standard InChI is InChI=1S/C36H24F2O4/c37-33(25-13-3-1-4-14-25)35(39)41-29-21-19-23-11-7-9-17-27(23)31(29)32-28-18-10-8-12-24(28)20-22-30(32)42-36(40)34(38)26-15-5-2-6-16-26/h1-22,33-34H. The molecule has 0 N–H and O–H groups in total. The predicted molar refractivity (Wildman–Crippen MR) is 159 cm³/mol. The van der Waals surface area contributed by atoms with Crippen molar-refractivity contribution in [2.45, 2.75) is 12.3 Å². The van der Waals surface area contributed by atoms with E-state index in [4.69, 9.17) is 9.47 Å². The van der Waals surface area contributed by atoms with Crippen LogP contribution in [0.15, 0.2) is 133 Å². The minimum absolute atomic E-state index is 0.0748. The van der Waals surface area contributed by atoms with E-state index in [0.29, 0.717) is 21.9 Å². The Balaban J connectivity index is 1.51. The molecule has 4 nitrogen and oxygen atoms in total. The lowest BCUT2D eigenvalue weighted by molar-refractivity contribution is -0.141. The first-order chi connectivity index (χ1) is 20.5. The molecule has 0 amide bonds. The van der Waals surface area contributed by atoms with Gasteiger partial charge >= 0.3 is 11.9 Å². The van der Waals surface area contributed by atoms with Gasteiger partial charge in [-0.2, -0.15) is 0 Å². The summed E-state index contributed by atoms with van der Waals surface area (Å²) in [7, 11) is 0. The molecule has 0 aliphatic carbocycles. The maximum Gasteiger partial charge on any atom is 0.350 e. The maximum atomic E-state index is 15.2. The van der Waals surface area contributed by atoms with Crippen LogP contribution in [0, 0.1) is 0 Å². The zero-order valence-electron chi connectivity index (χ0n) is 22.2. The zero-order valence-corrected chi connectivity index (χ0v) is 22.2. The molecule has 42 heavy (non-hydrogen) atoms. The van der Waals surface area contributed by atoms with Crippen LogP contribution in [-0.4, -0.2) is 11.9 Å². The van der Waals surface area contributed by atoms with Gasteiger partial charge in [-0.15, -0.1) is 0 Å². The van der Waals surface area contributed by atoms with E-state index >= 15 is 8.78 Å². The van der Waals surface area contributed by atoms with Crippen LogP contribution in [0.3, 0.4) is 0 Å². The first kappa shape index (κ1) is 26.8. The summed E-state index contributed by atoms with van der Waals surface area (Å²) in [6.45, 7) is 0. The molecule has 0 aromatic heterocycles. The van der Waals surface area contributed by atoms with Crippen LogP contribution >= 0.6 is 0 Å². The van der Waals surface area contributed by atoms with Gasteiger partial charge in [0.2, 0.25) is 12.3 Å². The Labute approximate surface area is 240 Å². The van der Waals surface area contributed by atoms with Gasteiger partial charge < -0.3 is 9.47 Å². The fraction of sp³-hybridized carbons (Fsp3) is 0.0556. The number of alkyl halides is 2. The van der Waals surface area contributed by atoms with E-state index < -0.39 is 24.3 Å². The van der Waals surface area contributed by atoms with Crippen molar-refractivity contribution in [1.82, 2.24) is 0 Å². The number of ether oxygens (including phenoxy) is 2. The topological polar surface area (TPSA) is 52.6 Å². The van der Waals surface area contributed by atoms with E-state index in [9.17, 15) is 9.59 Å². The summed E-state index contributed by atoms with van der Waals surface area (Å²) in [5.74, 6) is -2.04. The summed E-state index contributed by atoms with van der Waals surface area (Å²) >= 11 is 0. The van der Waals surface area contributed by atoms with Crippen LogP contribution < -0.4 is 9.47 Å². The van der Waals surface area contributed by atoms with Gasteiger partial charge in [0.25, 0.3) is 0 Å². The third-order valence-electron chi connectivity index (χ3n) is 7.05. The molecule has 0 bridgehead atoms. The zero-order chi connectivity index (χ0) is 29.1. The van der Waals surface area contributed by atoms with Crippen LogP contribution in [0.2, 0.25) is 0 Å². The molecule has 6 aromatic rings. The lowest BCUT2D eigenvalue weighted by Gasteiger charge is -2.19. The van der Waals surface area contributed by atoms with Gasteiger partial charge in [-0.05, 0) is 44.8 Å². The molecular weight excluding hydrogens is 534 g/mol. The van der Waals surface area contributed by atoms with Gasteiger partial charge in [0.1, 0.15) is 11.5 Å². The molecule has 0 spiro atoms. The van der Waals surface area contributed by atoms with Gasteiger partial charge in [-0.1, -0.05) is 121 Å². The Bertz CT molecular complexity index is 1760. The first-order valence-electron chi connectivity index (χ1n) is 13.4. The quantitative estimate of drug-likeness (QED) is 0.145. The van der Waals surface area contributed by atoms with E-state index in [0.717, 1.165) is 10.8 Å². The molecule has 0 heterocycles. The third-order valence-corrected chi connectivity index (χ3v) is 7.05. The minimum atomic E-state index is -2.02. The number of halogens is 2. The molecule has 2 atom stereocenters. The Morgan fingerprint density at radius 2 is 0.810 bits per heavy atom. The minimum Gasteiger partial charge on any atom is -0.423 e. The van der Waals surface area contributed by atoms with Crippen molar-refractivity contribution < 1.29 is 27.8 Å². The predicted octanol–water partition coefficient (Wildman–Crippen LogP) is 8.89. The Kier molecular flexibility index (Phi) is 7.43. The molecule has 0 aliphatic heterocycles. The molecule has 206 valence electrons. The lowest BCUT2D eigenvalue weighted by atomic mass is 9.92. The van der Waals surface area contributed by atoms with E-state index in [1.54, 1.807) is 60.7 Å². The number of carbonyl (C=O) groups excluding carboxylic acids is 2. The van der Waals surface area contributed by atoms with Gasteiger partial charge in [0.15, 0.2) is 0 Å². The van der Waals surface area contributed by atoms with E-state index in [1.807, 2.05) is 48.5 Å². The molecule has 6 aromatic carbocycles. The van der Waals surface area contributed by atoms with E-state index in [2.05, 4.69) is 0 Å². The van der Waals surface area contributed by atoms with Crippen molar-refractivity contribution in [3.05, 3.63) is 145 Å². The van der Waals surface area contributed by atoms with Gasteiger partial charge in [0, 0.05) is 11.1 Å². The van der Waals surface area contributed by atoms with Crippen LogP contribution in [-0.2, 0) is 9.59 Å². The van der Waals surface area contributed by atoms with Crippen molar-refractivity contribution >= 4 is 33.5 Å². The van der Waals surface area contributed by atoms with E-state index in [1.165, 1.54) is 24.3 Å². The summed E-state index contributed by atoms with van der Waals surface area (Å²) < 4.78 is 41.9. The highest BCUT2D eigenvalue weighted by molar-refractivity contribution is 6.10. The maximum absolute atomic E-state index is 15.2. The Hall–Kier alpha value is -5.36. The van der Waals surface area contributed by atoms with Crippen LogP contribution in [0.25, 0.3) is 32.7 Å². The second kappa shape index (κ2) is 11.6. The SMILES string of the molecule is O=C(Oc1ccc2ccccc2c1-c1c(OC(=O)C(F)c2ccccc2)ccc2ccccc12)C(F)c1ccccc1. The van der Waals surface area contributed by atoms with Crippen molar-refractivity contribution in [2.24, 2.45) is 0 Å². The van der Waals surface area contributed by atoms with Gasteiger partial charge in [-0.25, -0.2) is 18.4 Å². The molecule has 0 saturated carbocycles. The molecule has 0 fully saturated rings. The van der Waals surface area contributed by atoms with Crippen molar-refractivity contribution in [3.63, 3.8) is 0 Å². The molecule has 6 rings (SSSR count). The summed E-state index contributed by atoms with van der Waals surface area (Å²) in [4.78, 5) is 26.1. The van der Waals surface area contributed by atoms with Crippen LogP contribution in [0.1, 0.15) is 23.5 Å². The number of hydrogen-bond acceptors (Lipinski definition) is 4. The highest BCUT2D eigenvalue weighted by Crippen LogP contribution is 2.46. The highest BCUT2D eigenvalue weighted by atomic mass is 19.1. The fourth-order valence-corrected chi connectivity index (χ4v) is 5.03. The molecular formula is C36H24F2O4. The summed E-state index contributed by atoms with van der Waals surface area (Å²) in [6, 6.07) is 37.6. The Morgan fingerprint density at radius 1 is 0.452 bits per heavy atom. The number of esters is 2. The smallest absolute Gasteiger partial charge is 0.350 e. The molecule has 0 saturated heterocycles. The molecule has 0 aliphatic rings. The van der Waals surface area contributed by atoms with Gasteiger partial charge in [0.05, 0.1) is 0 Å². The Morgan fingerprint density at radius 3 is 1.21 bits per heavy atom. The number of fused-ring (bicyclic) bond motifs is 2. The summed E-state index contributed by atoms with van der Waals surface area (Å²) in [5, 5.41) is 2.97. The largest absolute Gasteiger partial charge is 0.423 e. The molecule has 2 unspecified atom stereocenters. The second-order valence-electron chi connectivity index (χ2n) is 9.71. The number of carbonyl (C=O) groups is 2. The van der Waals surface area contributed by atoms with Gasteiger partial charge in [-0.3, -0.25) is 0 Å². The average molecular weight is 559 g/mol. The van der Waals surface area contributed by atoms with Crippen LogP contribution in [0.4, 0.5) is 8.78 Å². The summed E-state index contributed by atoms with van der Waals surface area (Å²) in [5.41, 5.74) is 1.16. The van der Waals surface area contributed by atoms with E-state index in [-0.39, 0.29) is 22.6 Å². The number of rotatable bonds is 7. The molecule has 0 radical (unpaired) electrons. The third kappa shape index (κ3) is 5.22. The molecule has 6 heteroatoms. The highest BCUT2D eigenvalue weighted by Gasteiger charge is 2.28. The van der Waals surface area contributed by atoms with Crippen molar-refractivity contribution in [3.8, 4) is 22.6 Å². The average Bonchev–Trinajstić information content (AvgIpc) is 3.05. The number of benzene rings is 6. The van der Waals surface area contributed by atoms with Crippen LogP contribution in [0.5, 0.6) is 11.5 Å².